The normalized spacial score (nSPS) is 11.8. The maximum atomic E-state index is 13.7. The molecular formula is C24H26ClF3N5O4P. The number of carbonyl (C=O) groups excluding carboxylic acids is 1. The Morgan fingerprint density at radius 1 is 1.05 bits per heavy atom. The third-order valence-electron chi connectivity index (χ3n) is 5.05. The molecule has 38 heavy (non-hydrogen) atoms. The fourth-order valence-corrected chi connectivity index (χ4v) is 5.36. The average Bonchev–Trinajstić information content (AvgIpc) is 2.85. The molecule has 9 nitrogen and oxygen atoms in total. The van der Waals surface area contributed by atoms with E-state index in [0.717, 1.165) is 0 Å². The molecule has 3 aromatic rings. The minimum atomic E-state index is -4.77. The number of hydrogen-bond donors (Lipinski definition) is 3. The molecule has 0 bridgehead atoms. The Kier molecular flexibility index (Phi) is 9.72. The fraction of sp³-hybridized carbons (Fsp3) is 0.292. The second-order valence-corrected chi connectivity index (χ2v) is 10.2. The summed E-state index contributed by atoms with van der Waals surface area (Å²) in [6, 6.07) is 10.8. The first kappa shape index (κ1) is 29.4. The van der Waals surface area contributed by atoms with Crippen LogP contribution in [0.4, 0.5) is 36.3 Å². The summed E-state index contributed by atoms with van der Waals surface area (Å²) in [5, 5.41) is 8.02. The summed E-state index contributed by atoms with van der Waals surface area (Å²) in [6.07, 6.45) is -4.15. The van der Waals surface area contributed by atoms with E-state index in [0.29, 0.717) is 17.4 Å². The van der Waals surface area contributed by atoms with Crippen LogP contribution in [0.2, 0.25) is 5.02 Å². The predicted molar refractivity (Wildman–Crippen MR) is 139 cm³/mol. The molecular weight excluding hydrogens is 546 g/mol. The number of amides is 1. The molecule has 0 fully saturated rings. The molecule has 0 saturated heterocycles. The second-order valence-electron chi connectivity index (χ2n) is 7.75. The minimum absolute atomic E-state index is 0.00965. The third kappa shape index (κ3) is 7.44. The van der Waals surface area contributed by atoms with Crippen molar-refractivity contribution < 1.29 is 31.6 Å². The van der Waals surface area contributed by atoms with Gasteiger partial charge in [-0.05, 0) is 43.7 Å². The van der Waals surface area contributed by atoms with Gasteiger partial charge in [0, 0.05) is 13.2 Å². The van der Waals surface area contributed by atoms with E-state index in [-0.39, 0.29) is 41.6 Å². The lowest BCUT2D eigenvalue weighted by Crippen LogP contribution is -2.20. The number of aromatic nitrogens is 2. The number of benzene rings is 2. The average molecular weight is 572 g/mol. The molecule has 0 aliphatic rings. The Balaban J connectivity index is 1.91. The van der Waals surface area contributed by atoms with Crippen LogP contribution in [-0.4, -0.2) is 36.1 Å². The van der Waals surface area contributed by atoms with Crippen molar-refractivity contribution in [3.8, 4) is 0 Å². The van der Waals surface area contributed by atoms with Crippen LogP contribution in [0.15, 0.2) is 48.7 Å². The molecule has 1 heterocycles. The third-order valence-corrected chi connectivity index (χ3v) is 7.42. The van der Waals surface area contributed by atoms with Crippen LogP contribution in [0.25, 0.3) is 0 Å². The number of nitrogens with zero attached hydrogens (tertiary/aromatic N) is 2. The highest BCUT2D eigenvalue weighted by molar-refractivity contribution is 7.53. The first-order valence-corrected chi connectivity index (χ1v) is 13.6. The molecule has 3 rings (SSSR count). The quantitative estimate of drug-likeness (QED) is 0.216. The first-order chi connectivity index (χ1) is 18.0. The van der Waals surface area contributed by atoms with Gasteiger partial charge in [0.05, 0.1) is 41.3 Å². The van der Waals surface area contributed by atoms with E-state index in [9.17, 15) is 22.5 Å². The summed E-state index contributed by atoms with van der Waals surface area (Å²) < 4.78 is 64.5. The maximum absolute atomic E-state index is 13.7. The zero-order valence-electron chi connectivity index (χ0n) is 20.7. The number of nitrogens with one attached hydrogen (secondary N) is 3. The van der Waals surface area contributed by atoms with Gasteiger partial charge in [-0.1, -0.05) is 29.8 Å². The van der Waals surface area contributed by atoms with Crippen molar-refractivity contribution in [1.29, 1.82) is 0 Å². The van der Waals surface area contributed by atoms with Crippen LogP contribution in [0.3, 0.4) is 0 Å². The lowest BCUT2D eigenvalue weighted by molar-refractivity contribution is -0.137. The van der Waals surface area contributed by atoms with Crippen LogP contribution >= 0.6 is 19.2 Å². The zero-order valence-corrected chi connectivity index (χ0v) is 22.4. The number of alkyl halides is 3. The van der Waals surface area contributed by atoms with Crippen LogP contribution < -0.4 is 16.0 Å². The smallest absolute Gasteiger partial charge is 0.355 e. The minimum Gasteiger partial charge on any atom is -0.355 e. The number of hydrogen-bond acceptors (Lipinski definition) is 8. The van der Waals surface area contributed by atoms with E-state index in [1.165, 1.54) is 25.2 Å². The van der Waals surface area contributed by atoms with Gasteiger partial charge in [0.25, 0.3) is 5.91 Å². The molecule has 1 amide bonds. The van der Waals surface area contributed by atoms with Gasteiger partial charge in [-0.3, -0.25) is 9.36 Å². The van der Waals surface area contributed by atoms with Gasteiger partial charge < -0.3 is 25.0 Å². The van der Waals surface area contributed by atoms with Crippen LogP contribution in [0.1, 0.15) is 35.3 Å². The standard InChI is InChI=1S/C24H26ClF3N5O4P/c1-4-36-38(35,37-5-2)14-15-10-11-20(18(25)12-15)32-23-30-13-17(24(26,27)28)21(33-23)31-19-9-7-6-8-16(19)22(34)29-3/h6-13H,4-5,14H2,1-3H3,(H,29,34)(H2,30,31,32,33). The predicted octanol–water partition coefficient (Wildman–Crippen LogP) is 6.76. The van der Waals surface area contributed by atoms with E-state index in [1.807, 2.05) is 0 Å². The molecule has 0 aliphatic carbocycles. The van der Waals surface area contributed by atoms with Crippen molar-refractivity contribution in [3.63, 3.8) is 0 Å². The van der Waals surface area contributed by atoms with Gasteiger partial charge in [-0.15, -0.1) is 0 Å². The van der Waals surface area contributed by atoms with E-state index in [4.69, 9.17) is 20.6 Å². The SMILES string of the molecule is CCOP(=O)(Cc1ccc(Nc2ncc(C(F)(F)F)c(Nc3ccccc3C(=O)NC)n2)c(Cl)c1)OCC. The maximum Gasteiger partial charge on any atom is 0.421 e. The van der Waals surface area contributed by atoms with Crippen molar-refractivity contribution in [2.24, 2.45) is 0 Å². The first-order valence-electron chi connectivity index (χ1n) is 11.5. The molecule has 3 N–H and O–H groups in total. The largest absolute Gasteiger partial charge is 0.421 e. The zero-order chi connectivity index (χ0) is 27.9. The monoisotopic (exact) mass is 571 g/mol. The molecule has 0 atom stereocenters. The van der Waals surface area contributed by atoms with Crippen molar-refractivity contribution >= 4 is 48.2 Å². The number of halogens is 4. The van der Waals surface area contributed by atoms with Gasteiger partial charge in [0.1, 0.15) is 11.4 Å². The van der Waals surface area contributed by atoms with Gasteiger partial charge in [0.15, 0.2) is 0 Å². The van der Waals surface area contributed by atoms with Crippen LogP contribution in [-0.2, 0) is 26.0 Å². The molecule has 0 radical (unpaired) electrons. The molecule has 0 spiro atoms. The van der Waals surface area contributed by atoms with E-state index < -0.39 is 31.1 Å². The topological polar surface area (TPSA) is 114 Å². The Morgan fingerprint density at radius 2 is 1.74 bits per heavy atom. The van der Waals surface area contributed by atoms with E-state index in [1.54, 1.807) is 38.1 Å². The molecule has 0 aliphatic heterocycles. The highest BCUT2D eigenvalue weighted by atomic mass is 35.5. The fourth-order valence-electron chi connectivity index (χ4n) is 3.42. The van der Waals surface area contributed by atoms with Crippen molar-refractivity contribution in [2.75, 3.05) is 30.9 Å². The number of rotatable bonds is 11. The molecule has 2 aromatic carbocycles. The molecule has 0 unspecified atom stereocenters. The van der Waals surface area contributed by atoms with Crippen molar-refractivity contribution in [1.82, 2.24) is 15.3 Å². The lowest BCUT2D eigenvalue weighted by Gasteiger charge is -2.18. The van der Waals surface area contributed by atoms with Crippen LogP contribution in [0.5, 0.6) is 0 Å². The van der Waals surface area contributed by atoms with Gasteiger partial charge in [-0.25, -0.2) is 4.98 Å². The second kappa shape index (κ2) is 12.6. The Bertz CT molecular complexity index is 1330. The Labute approximate surface area is 222 Å². The number of carbonyl (C=O) groups is 1. The highest BCUT2D eigenvalue weighted by Crippen LogP contribution is 2.51. The summed E-state index contributed by atoms with van der Waals surface area (Å²) in [6.45, 7) is 3.83. The Hall–Kier alpha value is -3.18. The molecule has 0 saturated carbocycles. The summed E-state index contributed by atoms with van der Waals surface area (Å²) in [5.74, 6) is -1.23. The number of para-hydroxylation sites is 1. The highest BCUT2D eigenvalue weighted by Gasteiger charge is 2.35. The molecule has 14 heteroatoms. The lowest BCUT2D eigenvalue weighted by atomic mass is 10.1. The summed E-state index contributed by atoms with van der Waals surface area (Å²) in [7, 11) is -1.95. The summed E-state index contributed by atoms with van der Waals surface area (Å²) in [5.41, 5.74) is 0.00399. The molecule has 1 aromatic heterocycles. The van der Waals surface area contributed by atoms with E-state index in [2.05, 4.69) is 25.9 Å². The van der Waals surface area contributed by atoms with Crippen molar-refractivity contribution in [3.05, 3.63) is 70.4 Å². The molecule has 204 valence electrons. The van der Waals surface area contributed by atoms with Gasteiger partial charge in [0.2, 0.25) is 5.95 Å². The van der Waals surface area contributed by atoms with Gasteiger partial charge >= 0.3 is 13.8 Å². The number of anilines is 4. The van der Waals surface area contributed by atoms with E-state index >= 15 is 0 Å². The summed E-state index contributed by atoms with van der Waals surface area (Å²) >= 11 is 6.38. The van der Waals surface area contributed by atoms with Crippen LogP contribution in [0, 0.1) is 0 Å². The van der Waals surface area contributed by atoms with Gasteiger partial charge in [-0.2, -0.15) is 18.2 Å². The summed E-state index contributed by atoms with van der Waals surface area (Å²) in [4.78, 5) is 20.0. The van der Waals surface area contributed by atoms with Crippen molar-refractivity contribution in [2.45, 2.75) is 26.2 Å². The Morgan fingerprint density at radius 3 is 2.34 bits per heavy atom.